The topological polar surface area (TPSA) is 59.1 Å². The number of likely N-dealkylation sites (tertiary alicyclic amines) is 3. The van der Waals surface area contributed by atoms with Gasteiger partial charge in [0, 0.05) is 12.6 Å². The maximum atomic E-state index is 14.7. The molecule has 3 heterocycles. The van der Waals surface area contributed by atoms with E-state index in [4.69, 9.17) is 0 Å². The number of benzene rings is 2. The number of amides is 1. The molecule has 2 N–H and O–H groups in total. The maximum absolute atomic E-state index is 14.7. The fourth-order valence-corrected chi connectivity index (χ4v) is 5.93. The third-order valence-electron chi connectivity index (χ3n) is 7.95. The van der Waals surface area contributed by atoms with E-state index in [1.807, 2.05) is 0 Å². The zero-order valence-electron chi connectivity index (χ0n) is 21.3. The van der Waals surface area contributed by atoms with Crippen LogP contribution in [0.3, 0.4) is 0 Å². The lowest BCUT2D eigenvalue weighted by Crippen LogP contribution is -2.68. The fraction of sp³-hybridized carbons (Fsp3) is 0.536. The van der Waals surface area contributed by atoms with E-state index in [-0.39, 0.29) is 24.3 Å². The summed E-state index contributed by atoms with van der Waals surface area (Å²) in [5, 5.41) is 13.6. The van der Waals surface area contributed by atoms with Gasteiger partial charge in [-0.2, -0.15) is 0 Å². The number of piperidine rings is 2. The second kappa shape index (κ2) is 10.6. The second-order valence-corrected chi connectivity index (χ2v) is 10.9. The number of aryl methyl sites for hydroxylation is 1. The third kappa shape index (κ3) is 5.63. The van der Waals surface area contributed by atoms with Crippen LogP contribution in [0.2, 0.25) is 0 Å². The van der Waals surface area contributed by atoms with Gasteiger partial charge in [0.15, 0.2) is 11.6 Å². The number of nitrogens with one attached hydrogen (secondary N) is 1. The van der Waals surface area contributed by atoms with Crippen LogP contribution in [-0.4, -0.2) is 83.2 Å². The van der Waals surface area contributed by atoms with Crippen molar-refractivity contribution < 1.29 is 23.1 Å². The monoisotopic (exact) mass is 516 g/mol. The van der Waals surface area contributed by atoms with Gasteiger partial charge in [0.05, 0.1) is 30.0 Å². The van der Waals surface area contributed by atoms with Gasteiger partial charge >= 0.3 is 0 Å². The Bertz CT molecular complexity index is 1140. The first-order valence-electron chi connectivity index (χ1n) is 13.2. The summed E-state index contributed by atoms with van der Waals surface area (Å²) in [6, 6.07) is 7.01. The molecule has 200 valence electrons. The molecule has 0 spiro atoms. The van der Waals surface area contributed by atoms with Gasteiger partial charge in [-0.15, -0.1) is 0 Å². The summed E-state index contributed by atoms with van der Waals surface area (Å²) in [6.07, 6.45) is 6.04. The molecule has 0 atom stereocenters. The molecule has 3 saturated heterocycles. The SMILES string of the molecule is Cc1ccc(Nc2c(C(=O)N3CC(O)(CN4CCC(N5CCCCC5)CC4)C3)ccc(F)c2F)c(F)c1. The molecule has 2 aromatic carbocycles. The number of anilines is 2. The Morgan fingerprint density at radius 2 is 1.70 bits per heavy atom. The van der Waals surface area contributed by atoms with Crippen LogP contribution in [0.4, 0.5) is 24.5 Å². The minimum Gasteiger partial charge on any atom is -0.385 e. The van der Waals surface area contributed by atoms with E-state index in [0.29, 0.717) is 18.2 Å². The summed E-state index contributed by atoms with van der Waals surface area (Å²) in [5.74, 6) is -3.57. The Morgan fingerprint density at radius 1 is 1.00 bits per heavy atom. The highest BCUT2D eigenvalue weighted by Crippen LogP contribution is 2.32. The number of carbonyl (C=O) groups excluding carboxylic acids is 1. The predicted molar refractivity (Wildman–Crippen MR) is 137 cm³/mol. The van der Waals surface area contributed by atoms with Crippen molar-refractivity contribution in [2.45, 2.75) is 50.7 Å². The summed E-state index contributed by atoms with van der Waals surface area (Å²) < 4.78 is 43.2. The van der Waals surface area contributed by atoms with Crippen molar-refractivity contribution in [3.8, 4) is 0 Å². The van der Waals surface area contributed by atoms with E-state index in [2.05, 4.69) is 15.1 Å². The van der Waals surface area contributed by atoms with Crippen molar-refractivity contribution in [1.29, 1.82) is 0 Å². The van der Waals surface area contributed by atoms with Crippen molar-refractivity contribution in [1.82, 2.24) is 14.7 Å². The molecule has 37 heavy (non-hydrogen) atoms. The Balaban J connectivity index is 1.20. The predicted octanol–water partition coefficient (Wildman–Crippen LogP) is 4.29. The number of β-amino-alcohol motifs (C(OH)–C–C–N with tert-alkyl or cyclic N) is 1. The number of hydrogen-bond donors (Lipinski definition) is 2. The van der Waals surface area contributed by atoms with E-state index < -0.39 is 34.6 Å². The number of aliphatic hydroxyl groups is 1. The van der Waals surface area contributed by atoms with Gasteiger partial charge in [0.1, 0.15) is 11.4 Å². The van der Waals surface area contributed by atoms with Gasteiger partial charge in [-0.05, 0) is 88.6 Å². The Morgan fingerprint density at radius 3 is 2.38 bits per heavy atom. The van der Waals surface area contributed by atoms with Crippen molar-refractivity contribution in [2.75, 3.05) is 51.1 Å². The van der Waals surface area contributed by atoms with Gasteiger partial charge in [-0.25, -0.2) is 13.2 Å². The summed E-state index contributed by atoms with van der Waals surface area (Å²) >= 11 is 0. The van der Waals surface area contributed by atoms with Gasteiger partial charge in [-0.3, -0.25) is 4.79 Å². The standard InChI is InChI=1S/C28H35F3N4O2/c1-19-5-8-24(23(30)15-19)32-26-21(6-7-22(29)25(26)31)27(36)35-17-28(37,18-35)16-33-13-9-20(10-14-33)34-11-3-2-4-12-34/h5-8,15,20,32,37H,2-4,9-14,16-18H2,1H3. The van der Waals surface area contributed by atoms with Crippen molar-refractivity contribution in [3.63, 3.8) is 0 Å². The van der Waals surface area contributed by atoms with Crippen LogP contribution in [0, 0.1) is 24.4 Å². The number of nitrogens with zero attached hydrogens (tertiary/aromatic N) is 3. The molecule has 1 amide bonds. The molecule has 2 aromatic rings. The molecule has 6 nitrogen and oxygen atoms in total. The molecular formula is C28H35F3N4O2. The van der Waals surface area contributed by atoms with Crippen molar-refractivity contribution >= 4 is 17.3 Å². The Labute approximate surface area is 216 Å². The van der Waals surface area contributed by atoms with Gasteiger partial charge in [-0.1, -0.05) is 12.5 Å². The largest absolute Gasteiger partial charge is 0.385 e. The number of rotatable bonds is 6. The minimum absolute atomic E-state index is 0.0581. The Kier molecular flexibility index (Phi) is 7.47. The van der Waals surface area contributed by atoms with Gasteiger partial charge in [0.25, 0.3) is 5.91 Å². The summed E-state index contributed by atoms with van der Waals surface area (Å²) in [7, 11) is 0. The average molecular weight is 517 g/mol. The molecule has 5 rings (SSSR count). The number of carbonyl (C=O) groups is 1. The van der Waals surface area contributed by atoms with Gasteiger partial charge in [0.2, 0.25) is 0 Å². The molecule has 3 aliphatic heterocycles. The molecule has 0 aromatic heterocycles. The first-order chi connectivity index (χ1) is 17.7. The first-order valence-corrected chi connectivity index (χ1v) is 13.2. The third-order valence-corrected chi connectivity index (χ3v) is 7.95. The zero-order chi connectivity index (χ0) is 26.2. The van der Waals surface area contributed by atoms with E-state index in [1.54, 1.807) is 13.0 Å². The molecular weight excluding hydrogens is 481 g/mol. The van der Waals surface area contributed by atoms with E-state index in [0.717, 1.165) is 32.0 Å². The average Bonchev–Trinajstić information content (AvgIpc) is 2.87. The van der Waals surface area contributed by atoms with Crippen LogP contribution < -0.4 is 5.32 Å². The highest BCUT2D eigenvalue weighted by Gasteiger charge is 2.46. The smallest absolute Gasteiger partial charge is 0.256 e. The van der Waals surface area contributed by atoms with Crippen LogP contribution in [-0.2, 0) is 0 Å². The first kappa shape index (κ1) is 26.0. The highest BCUT2D eigenvalue weighted by atomic mass is 19.2. The number of halogens is 3. The quantitative estimate of drug-likeness (QED) is 0.600. The van der Waals surface area contributed by atoms with Crippen LogP contribution >= 0.6 is 0 Å². The van der Waals surface area contributed by atoms with E-state index >= 15 is 0 Å². The molecule has 0 radical (unpaired) electrons. The summed E-state index contributed by atoms with van der Waals surface area (Å²) in [5.41, 5.74) is -0.943. The van der Waals surface area contributed by atoms with E-state index in [1.165, 1.54) is 55.5 Å². The van der Waals surface area contributed by atoms with Crippen LogP contribution in [0.1, 0.15) is 48.0 Å². The highest BCUT2D eigenvalue weighted by molar-refractivity contribution is 6.01. The molecule has 9 heteroatoms. The minimum atomic E-state index is -1.25. The summed E-state index contributed by atoms with van der Waals surface area (Å²) in [6.45, 7) is 6.59. The van der Waals surface area contributed by atoms with Crippen LogP contribution in [0.25, 0.3) is 0 Å². The zero-order valence-corrected chi connectivity index (χ0v) is 21.3. The lowest BCUT2D eigenvalue weighted by molar-refractivity contribution is -0.101. The summed E-state index contributed by atoms with van der Waals surface area (Å²) in [4.78, 5) is 19.5. The maximum Gasteiger partial charge on any atom is 0.256 e. The van der Waals surface area contributed by atoms with E-state index in [9.17, 15) is 23.1 Å². The van der Waals surface area contributed by atoms with Crippen molar-refractivity contribution in [2.24, 2.45) is 0 Å². The normalized spacial score (nSPS) is 21.1. The fourth-order valence-electron chi connectivity index (χ4n) is 5.93. The molecule has 3 aliphatic rings. The molecule has 3 fully saturated rings. The van der Waals surface area contributed by atoms with Crippen LogP contribution in [0.5, 0.6) is 0 Å². The molecule has 0 saturated carbocycles. The van der Waals surface area contributed by atoms with Crippen LogP contribution in [0.15, 0.2) is 30.3 Å². The second-order valence-electron chi connectivity index (χ2n) is 10.9. The lowest BCUT2D eigenvalue weighted by Gasteiger charge is -2.50. The number of hydrogen-bond acceptors (Lipinski definition) is 5. The Hall–Kier alpha value is -2.62. The van der Waals surface area contributed by atoms with Gasteiger partial charge < -0.3 is 25.1 Å². The lowest BCUT2D eigenvalue weighted by atomic mass is 9.90. The molecule has 0 unspecified atom stereocenters. The molecule has 0 aliphatic carbocycles. The molecule has 0 bridgehead atoms. The van der Waals surface area contributed by atoms with Crippen molar-refractivity contribution in [3.05, 3.63) is 58.9 Å².